The monoisotopic (exact) mass is 270 g/mol. The summed E-state index contributed by atoms with van der Waals surface area (Å²) in [6.07, 6.45) is 1.43. The number of benzene rings is 1. The van der Waals surface area contributed by atoms with Crippen molar-refractivity contribution in [2.45, 2.75) is 6.54 Å². The molecule has 0 aliphatic carbocycles. The molecule has 0 radical (unpaired) electrons. The lowest BCUT2D eigenvalue weighted by atomic mass is 10.2. The third-order valence-electron chi connectivity index (χ3n) is 2.15. The lowest BCUT2D eigenvalue weighted by molar-refractivity contribution is 0.584. The molecular weight excluding hydrogens is 262 g/mol. The number of rotatable bonds is 3. The Balaban J connectivity index is 2.04. The van der Waals surface area contributed by atoms with Gasteiger partial charge in [-0.1, -0.05) is 23.2 Å². The van der Waals surface area contributed by atoms with Crippen LogP contribution in [0.15, 0.2) is 36.5 Å². The molecule has 1 aromatic heterocycles. The van der Waals surface area contributed by atoms with Crippen LogP contribution in [0.3, 0.4) is 0 Å². The largest absolute Gasteiger partial charge is 0.380 e. The minimum Gasteiger partial charge on any atom is -0.380 e. The molecule has 17 heavy (non-hydrogen) atoms. The fraction of sp³-hybridized carbons (Fsp3) is 0.0833. The zero-order chi connectivity index (χ0) is 12.3. The van der Waals surface area contributed by atoms with Crippen molar-refractivity contribution in [1.82, 2.24) is 4.98 Å². The van der Waals surface area contributed by atoms with Crippen LogP contribution in [0.4, 0.5) is 10.1 Å². The van der Waals surface area contributed by atoms with Gasteiger partial charge in [0.05, 0.1) is 11.9 Å². The molecule has 2 aromatic rings. The lowest BCUT2D eigenvalue weighted by Crippen LogP contribution is -2.00. The Bertz CT molecular complexity index is 494. The maximum Gasteiger partial charge on any atom is 0.212 e. The van der Waals surface area contributed by atoms with E-state index < -0.39 is 5.95 Å². The molecule has 0 amide bonds. The number of hydrogen-bond donors (Lipinski definition) is 1. The summed E-state index contributed by atoms with van der Waals surface area (Å²) in [7, 11) is 0. The quantitative estimate of drug-likeness (QED) is 0.848. The number of hydrogen-bond acceptors (Lipinski definition) is 2. The van der Waals surface area contributed by atoms with Gasteiger partial charge in [0.25, 0.3) is 0 Å². The number of pyridine rings is 1. The molecular formula is C12H9Cl2FN2. The van der Waals surface area contributed by atoms with Crippen LogP contribution in [0.2, 0.25) is 10.0 Å². The van der Waals surface area contributed by atoms with E-state index in [4.69, 9.17) is 23.2 Å². The van der Waals surface area contributed by atoms with Gasteiger partial charge < -0.3 is 5.32 Å². The summed E-state index contributed by atoms with van der Waals surface area (Å²) in [5.74, 6) is -0.499. The van der Waals surface area contributed by atoms with E-state index in [9.17, 15) is 4.39 Å². The van der Waals surface area contributed by atoms with E-state index in [1.54, 1.807) is 12.1 Å². The smallest absolute Gasteiger partial charge is 0.212 e. The fourth-order valence-electron chi connectivity index (χ4n) is 1.40. The van der Waals surface area contributed by atoms with Gasteiger partial charge in [-0.25, -0.2) is 4.98 Å². The van der Waals surface area contributed by atoms with Gasteiger partial charge in [-0.3, -0.25) is 0 Å². The Hall–Kier alpha value is -1.32. The van der Waals surface area contributed by atoms with Crippen LogP contribution >= 0.6 is 23.2 Å². The highest BCUT2D eigenvalue weighted by atomic mass is 35.5. The molecule has 0 unspecified atom stereocenters. The molecule has 1 aromatic carbocycles. The first-order chi connectivity index (χ1) is 8.13. The topological polar surface area (TPSA) is 24.9 Å². The molecule has 1 heterocycles. The second-order valence-electron chi connectivity index (χ2n) is 3.50. The van der Waals surface area contributed by atoms with Gasteiger partial charge in [0.15, 0.2) is 0 Å². The van der Waals surface area contributed by atoms with E-state index in [2.05, 4.69) is 10.3 Å². The SMILES string of the molecule is Fc1ccc(NCc2cc(Cl)cc(Cl)c2)cn1. The number of anilines is 1. The molecule has 1 N–H and O–H groups in total. The predicted molar refractivity (Wildman–Crippen MR) is 68.0 cm³/mol. The molecule has 0 aliphatic rings. The maximum atomic E-state index is 12.6. The maximum absolute atomic E-state index is 12.6. The van der Waals surface area contributed by atoms with Crippen molar-refractivity contribution in [1.29, 1.82) is 0 Å². The van der Waals surface area contributed by atoms with Crippen molar-refractivity contribution in [2.24, 2.45) is 0 Å². The van der Waals surface area contributed by atoms with Crippen LogP contribution < -0.4 is 5.32 Å². The van der Waals surface area contributed by atoms with Crippen molar-refractivity contribution >= 4 is 28.9 Å². The second kappa shape index (κ2) is 5.34. The van der Waals surface area contributed by atoms with Gasteiger partial charge in [0.1, 0.15) is 0 Å². The summed E-state index contributed by atoms with van der Waals surface area (Å²) >= 11 is 11.8. The average Bonchev–Trinajstić information content (AvgIpc) is 2.27. The summed E-state index contributed by atoms with van der Waals surface area (Å²) < 4.78 is 12.6. The molecule has 0 saturated carbocycles. The highest BCUT2D eigenvalue weighted by Gasteiger charge is 1.99. The Morgan fingerprint density at radius 2 is 1.82 bits per heavy atom. The Morgan fingerprint density at radius 1 is 1.12 bits per heavy atom. The average molecular weight is 271 g/mol. The van der Waals surface area contributed by atoms with E-state index in [0.29, 0.717) is 16.6 Å². The van der Waals surface area contributed by atoms with E-state index in [0.717, 1.165) is 11.3 Å². The van der Waals surface area contributed by atoms with Gasteiger partial charge >= 0.3 is 0 Å². The predicted octanol–water partition coefficient (Wildman–Crippen LogP) is 4.14. The molecule has 0 spiro atoms. The zero-order valence-corrected chi connectivity index (χ0v) is 10.3. The molecule has 0 saturated heterocycles. The third-order valence-corrected chi connectivity index (χ3v) is 2.58. The van der Waals surface area contributed by atoms with Gasteiger partial charge in [0.2, 0.25) is 5.95 Å². The van der Waals surface area contributed by atoms with Crippen LogP contribution in [-0.4, -0.2) is 4.98 Å². The van der Waals surface area contributed by atoms with Crippen LogP contribution in [0.5, 0.6) is 0 Å². The molecule has 88 valence electrons. The minimum absolute atomic E-state index is 0.499. The Kier molecular flexibility index (Phi) is 3.82. The first kappa shape index (κ1) is 12.1. The molecule has 5 heteroatoms. The van der Waals surface area contributed by atoms with Gasteiger partial charge in [-0.2, -0.15) is 4.39 Å². The van der Waals surface area contributed by atoms with Crippen LogP contribution in [0, 0.1) is 5.95 Å². The Morgan fingerprint density at radius 3 is 2.41 bits per heavy atom. The van der Waals surface area contributed by atoms with E-state index in [1.807, 2.05) is 12.1 Å². The highest BCUT2D eigenvalue weighted by Crippen LogP contribution is 2.19. The fourth-order valence-corrected chi connectivity index (χ4v) is 1.97. The van der Waals surface area contributed by atoms with E-state index in [1.165, 1.54) is 12.3 Å². The molecule has 0 bridgehead atoms. The number of aromatic nitrogens is 1. The number of nitrogens with one attached hydrogen (secondary N) is 1. The summed E-state index contributed by atoms with van der Waals surface area (Å²) in [6.45, 7) is 0.549. The molecule has 0 atom stereocenters. The van der Waals surface area contributed by atoms with Gasteiger partial charge in [-0.15, -0.1) is 0 Å². The van der Waals surface area contributed by atoms with Crippen molar-refractivity contribution in [2.75, 3.05) is 5.32 Å². The third kappa shape index (κ3) is 3.58. The molecule has 2 rings (SSSR count). The first-order valence-electron chi connectivity index (χ1n) is 4.94. The summed E-state index contributed by atoms with van der Waals surface area (Å²) in [6, 6.07) is 8.22. The lowest BCUT2D eigenvalue weighted by Gasteiger charge is -2.06. The second-order valence-corrected chi connectivity index (χ2v) is 4.37. The van der Waals surface area contributed by atoms with Crippen LogP contribution in [0.1, 0.15) is 5.56 Å². The van der Waals surface area contributed by atoms with Crippen LogP contribution in [-0.2, 0) is 6.54 Å². The minimum atomic E-state index is -0.499. The number of nitrogens with zero attached hydrogens (tertiary/aromatic N) is 1. The normalized spacial score (nSPS) is 10.3. The van der Waals surface area contributed by atoms with Crippen molar-refractivity contribution in [3.8, 4) is 0 Å². The molecule has 0 fully saturated rings. The summed E-state index contributed by atoms with van der Waals surface area (Å²) in [5, 5.41) is 4.27. The highest BCUT2D eigenvalue weighted by molar-refractivity contribution is 6.34. The summed E-state index contributed by atoms with van der Waals surface area (Å²) in [4.78, 5) is 3.55. The number of halogens is 3. The standard InChI is InChI=1S/C12H9Cl2FN2/c13-9-3-8(4-10(14)5-9)6-16-11-1-2-12(15)17-7-11/h1-5,7,16H,6H2. The summed E-state index contributed by atoms with van der Waals surface area (Å²) in [5.41, 5.74) is 1.69. The van der Waals surface area contributed by atoms with E-state index >= 15 is 0 Å². The van der Waals surface area contributed by atoms with Crippen molar-refractivity contribution < 1.29 is 4.39 Å². The first-order valence-corrected chi connectivity index (χ1v) is 5.69. The molecule has 2 nitrogen and oxygen atoms in total. The van der Waals surface area contributed by atoms with E-state index in [-0.39, 0.29) is 0 Å². The van der Waals surface area contributed by atoms with Crippen molar-refractivity contribution in [3.63, 3.8) is 0 Å². The van der Waals surface area contributed by atoms with Gasteiger partial charge in [0, 0.05) is 16.6 Å². The molecule has 0 aliphatic heterocycles. The van der Waals surface area contributed by atoms with Gasteiger partial charge in [-0.05, 0) is 35.9 Å². The van der Waals surface area contributed by atoms with Crippen molar-refractivity contribution in [3.05, 3.63) is 58.1 Å². The zero-order valence-electron chi connectivity index (χ0n) is 8.75. The van der Waals surface area contributed by atoms with Crippen LogP contribution in [0.25, 0.3) is 0 Å². The Labute approximate surface area is 108 Å².